The fourth-order valence-corrected chi connectivity index (χ4v) is 2.36. The van der Waals surface area contributed by atoms with Gasteiger partial charge in [0.25, 0.3) is 5.19 Å². The number of benzene rings is 2. The Morgan fingerprint density at radius 1 is 1.21 bits per heavy atom. The van der Waals surface area contributed by atoms with Gasteiger partial charge >= 0.3 is 5.97 Å². The van der Waals surface area contributed by atoms with Gasteiger partial charge in [-0.2, -0.15) is 0 Å². The van der Waals surface area contributed by atoms with Crippen LogP contribution >= 0.6 is 11.3 Å². The molecule has 2 aromatic carbocycles. The highest BCUT2D eigenvalue weighted by Crippen LogP contribution is 2.34. The number of nitrogens with zero attached hydrogens (tertiary/aromatic N) is 1. The lowest BCUT2D eigenvalue weighted by molar-refractivity contribution is 0.0694. The summed E-state index contributed by atoms with van der Waals surface area (Å²) in [6.45, 7) is 0. The molecule has 1 N–H and O–H groups in total. The average Bonchev–Trinajstić information content (AvgIpc) is 2.92. The van der Waals surface area contributed by atoms with Crippen LogP contribution in [0.1, 0.15) is 10.4 Å². The van der Waals surface area contributed by atoms with Gasteiger partial charge in [0, 0.05) is 17.0 Å². The number of ether oxygens (including phenoxy) is 1. The largest absolute Gasteiger partial charge is 0.478 e. The van der Waals surface area contributed by atoms with Crippen molar-refractivity contribution in [2.75, 3.05) is 0 Å². The Hall–Kier alpha value is -2.40. The number of carboxylic acids is 1. The molecular formula is C14H9NO3S. The van der Waals surface area contributed by atoms with Crippen LogP contribution in [-0.4, -0.2) is 16.1 Å². The molecule has 0 aliphatic carbocycles. The van der Waals surface area contributed by atoms with Crippen molar-refractivity contribution in [1.29, 1.82) is 0 Å². The van der Waals surface area contributed by atoms with E-state index in [0.29, 0.717) is 10.9 Å². The maximum Gasteiger partial charge on any atom is 0.339 e. The fraction of sp³-hybridized carbons (Fsp3) is 0. The SMILES string of the molecule is O=C(O)c1ccc2ccccc2c1Oc1nccs1. The highest BCUT2D eigenvalue weighted by molar-refractivity contribution is 7.11. The van der Waals surface area contributed by atoms with Gasteiger partial charge in [-0.1, -0.05) is 41.7 Å². The van der Waals surface area contributed by atoms with Gasteiger partial charge in [0.05, 0.1) is 0 Å². The van der Waals surface area contributed by atoms with Crippen molar-refractivity contribution in [2.45, 2.75) is 0 Å². The number of carbonyl (C=O) groups is 1. The Bertz CT molecular complexity index is 738. The molecule has 0 aliphatic heterocycles. The third-order valence-electron chi connectivity index (χ3n) is 2.71. The van der Waals surface area contributed by atoms with Crippen molar-refractivity contribution in [3.05, 3.63) is 53.5 Å². The number of carboxylic acid groups (broad SMARTS) is 1. The first-order valence-electron chi connectivity index (χ1n) is 5.58. The molecule has 0 unspecified atom stereocenters. The van der Waals surface area contributed by atoms with E-state index in [0.717, 1.165) is 10.8 Å². The third kappa shape index (κ3) is 2.15. The average molecular weight is 271 g/mol. The van der Waals surface area contributed by atoms with Crippen molar-refractivity contribution >= 4 is 28.1 Å². The van der Waals surface area contributed by atoms with Crippen LogP contribution in [0.5, 0.6) is 10.9 Å². The Balaban J connectivity index is 2.22. The second-order valence-electron chi connectivity index (χ2n) is 3.87. The van der Waals surface area contributed by atoms with Gasteiger partial charge in [0.15, 0.2) is 5.75 Å². The van der Waals surface area contributed by atoms with Crippen LogP contribution in [0.2, 0.25) is 0 Å². The van der Waals surface area contributed by atoms with Crippen molar-refractivity contribution in [1.82, 2.24) is 4.98 Å². The number of aromatic nitrogens is 1. The van der Waals surface area contributed by atoms with Crippen molar-refractivity contribution in [3.63, 3.8) is 0 Å². The van der Waals surface area contributed by atoms with Crippen LogP contribution in [0.25, 0.3) is 10.8 Å². The molecule has 4 nitrogen and oxygen atoms in total. The summed E-state index contributed by atoms with van der Waals surface area (Å²) in [5, 5.41) is 13.2. The van der Waals surface area contributed by atoms with Gasteiger partial charge in [-0.15, -0.1) is 0 Å². The molecule has 0 radical (unpaired) electrons. The summed E-state index contributed by atoms with van der Waals surface area (Å²) in [4.78, 5) is 15.3. The van der Waals surface area contributed by atoms with Gasteiger partial charge in [0.2, 0.25) is 0 Å². The molecular weight excluding hydrogens is 262 g/mol. The van der Waals surface area contributed by atoms with E-state index < -0.39 is 5.97 Å². The third-order valence-corrected chi connectivity index (χ3v) is 3.36. The van der Waals surface area contributed by atoms with Crippen LogP contribution < -0.4 is 4.74 Å². The first-order chi connectivity index (χ1) is 9.25. The van der Waals surface area contributed by atoms with E-state index in [-0.39, 0.29) is 5.56 Å². The molecule has 3 aromatic rings. The molecule has 1 heterocycles. The van der Waals surface area contributed by atoms with Gasteiger partial charge < -0.3 is 9.84 Å². The summed E-state index contributed by atoms with van der Waals surface area (Å²) < 4.78 is 5.65. The molecule has 0 atom stereocenters. The Morgan fingerprint density at radius 3 is 2.79 bits per heavy atom. The summed E-state index contributed by atoms with van der Waals surface area (Å²) in [6, 6.07) is 10.8. The quantitative estimate of drug-likeness (QED) is 0.787. The minimum Gasteiger partial charge on any atom is -0.478 e. The summed E-state index contributed by atoms with van der Waals surface area (Å²) in [5.74, 6) is -0.683. The zero-order valence-electron chi connectivity index (χ0n) is 9.74. The van der Waals surface area contributed by atoms with E-state index in [1.54, 1.807) is 23.7 Å². The zero-order chi connectivity index (χ0) is 13.2. The number of aromatic carboxylic acids is 1. The fourth-order valence-electron chi connectivity index (χ4n) is 1.87. The predicted molar refractivity (Wildman–Crippen MR) is 73.1 cm³/mol. The van der Waals surface area contributed by atoms with Gasteiger partial charge in [0.1, 0.15) is 5.56 Å². The highest BCUT2D eigenvalue weighted by Gasteiger charge is 2.16. The maximum atomic E-state index is 11.3. The van der Waals surface area contributed by atoms with Gasteiger partial charge in [-0.05, 0) is 11.5 Å². The van der Waals surface area contributed by atoms with E-state index in [1.807, 2.05) is 24.3 Å². The van der Waals surface area contributed by atoms with E-state index in [1.165, 1.54) is 11.3 Å². The van der Waals surface area contributed by atoms with Crippen molar-refractivity contribution < 1.29 is 14.6 Å². The lowest BCUT2D eigenvalue weighted by Crippen LogP contribution is -2.00. The molecule has 94 valence electrons. The molecule has 0 aliphatic rings. The number of hydrogen-bond acceptors (Lipinski definition) is 4. The molecule has 0 saturated carbocycles. The van der Waals surface area contributed by atoms with Crippen LogP contribution in [0, 0.1) is 0 Å². The first kappa shape index (κ1) is 11.7. The predicted octanol–water partition coefficient (Wildman–Crippen LogP) is 3.79. The van der Waals surface area contributed by atoms with E-state index in [4.69, 9.17) is 4.74 Å². The minimum atomic E-state index is -1.02. The topological polar surface area (TPSA) is 59.4 Å². The molecule has 0 amide bonds. The normalized spacial score (nSPS) is 10.5. The van der Waals surface area contributed by atoms with Gasteiger partial charge in [-0.3, -0.25) is 0 Å². The second kappa shape index (κ2) is 4.70. The van der Waals surface area contributed by atoms with Gasteiger partial charge in [-0.25, -0.2) is 9.78 Å². The summed E-state index contributed by atoms with van der Waals surface area (Å²) >= 11 is 1.32. The molecule has 0 fully saturated rings. The van der Waals surface area contributed by atoms with Crippen LogP contribution in [-0.2, 0) is 0 Å². The Kier molecular flexibility index (Phi) is 2.89. The standard InChI is InChI=1S/C14H9NO3S/c16-13(17)11-6-5-9-3-1-2-4-10(9)12(11)18-14-15-7-8-19-14/h1-8H,(H,16,17). The van der Waals surface area contributed by atoms with E-state index in [9.17, 15) is 9.90 Å². The molecule has 0 bridgehead atoms. The summed E-state index contributed by atoms with van der Waals surface area (Å²) in [7, 11) is 0. The molecule has 1 aromatic heterocycles. The Morgan fingerprint density at radius 2 is 2.05 bits per heavy atom. The maximum absolute atomic E-state index is 11.3. The Labute approximate surface area is 112 Å². The number of thiazole rings is 1. The van der Waals surface area contributed by atoms with Crippen LogP contribution in [0.4, 0.5) is 0 Å². The molecule has 0 saturated heterocycles. The first-order valence-corrected chi connectivity index (χ1v) is 6.46. The summed E-state index contributed by atoms with van der Waals surface area (Å²) in [5.41, 5.74) is 0.133. The van der Waals surface area contributed by atoms with Crippen molar-refractivity contribution in [2.24, 2.45) is 0 Å². The minimum absolute atomic E-state index is 0.133. The van der Waals surface area contributed by atoms with E-state index in [2.05, 4.69) is 4.98 Å². The van der Waals surface area contributed by atoms with E-state index >= 15 is 0 Å². The number of hydrogen-bond donors (Lipinski definition) is 1. The number of rotatable bonds is 3. The highest BCUT2D eigenvalue weighted by atomic mass is 32.1. The molecule has 19 heavy (non-hydrogen) atoms. The molecule has 0 spiro atoms. The van der Waals surface area contributed by atoms with Crippen LogP contribution in [0.3, 0.4) is 0 Å². The number of fused-ring (bicyclic) bond motifs is 1. The van der Waals surface area contributed by atoms with Crippen LogP contribution in [0.15, 0.2) is 48.0 Å². The molecule has 5 heteroatoms. The lowest BCUT2D eigenvalue weighted by Gasteiger charge is -2.09. The second-order valence-corrected chi connectivity index (χ2v) is 4.73. The lowest BCUT2D eigenvalue weighted by atomic mass is 10.1. The molecule has 3 rings (SSSR count). The smallest absolute Gasteiger partial charge is 0.339 e. The monoisotopic (exact) mass is 271 g/mol. The van der Waals surface area contributed by atoms with Crippen molar-refractivity contribution in [3.8, 4) is 10.9 Å². The zero-order valence-corrected chi connectivity index (χ0v) is 10.6. The summed E-state index contributed by atoms with van der Waals surface area (Å²) in [6.07, 6.45) is 1.62.